The van der Waals surface area contributed by atoms with Crippen LogP contribution in [0.25, 0.3) is 0 Å². The van der Waals surface area contributed by atoms with Crippen LogP contribution in [-0.2, 0) is 23.1 Å². The number of sulfonamides is 1. The van der Waals surface area contributed by atoms with Gasteiger partial charge in [0.25, 0.3) is 0 Å². The molecule has 0 radical (unpaired) electrons. The minimum Gasteiger partial charge on any atom is -0.350 e. The summed E-state index contributed by atoms with van der Waals surface area (Å²) < 4.78 is 31.6. The van der Waals surface area contributed by atoms with Gasteiger partial charge in [-0.05, 0) is 59.1 Å². The average Bonchev–Trinajstić information content (AvgIpc) is 3.38. The number of nitrogens with zero attached hydrogens (tertiary/aromatic N) is 5. The summed E-state index contributed by atoms with van der Waals surface area (Å²) in [6.07, 6.45) is 5.06. The van der Waals surface area contributed by atoms with E-state index < -0.39 is 10.0 Å². The van der Waals surface area contributed by atoms with E-state index >= 15 is 0 Å². The topological polar surface area (TPSA) is 83.4 Å². The maximum Gasteiger partial charge on any atom is 0.244 e. The Labute approximate surface area is 191 Å². The molecule has 32 heavy (non-hydrogen) atoms. The summed E-state index contributed by atoms with van der Waals surface area (Å²) in [5, 5.41) is 4.51. The summed E-state index contributed by atoms with van der Waals surface area (Å²) in [5.74, 6) is 0.607. The van der Waals surface area contributed by atoms with E-state index in [9.17, 15) is 8.42 Å². The smallest absolute Gasteiger partial charge is 0.244 e. The van der Waals surface area contributed by atoms with E-state index in [1.165, 1.54) is 19.3 Å². The number of pyridine rings is 1. The third kappa shape index (κ3) is 3.64. The van der Waals surface area contributed by atoms with Crippen LogP contribution in [0, 0.1) is 20.8 Å². The van der Waals surface area contributed by atoms with Crippen molar-refractivity contribution in [2.45, 2.75) is 89.5 Å². The number of fused-ring (bicyclic) bond motifs is 2. The number of aryl methyl sites for hydroxylation is 3. The second-order valence-electron chi connectivity index (χ2n) is 9.54. The fourth-order valence-electron chi connectivity index (χ4n) is 5.61. The quantitative estimate of drug-likeness (QED) is 0.687. The molecule has 0 amide bonds. The number of rotatable bonds is 7. The van der Waals surface area contributed by atoms with E-state index in [4.69, 9.17) is 4.98 Å². The van der Waals surface area contributed by atoms with Crippen molar-refractivity contribution in [2.24, 2.45) is 0 Å². The molecule has 2 aromatic heterocycles. The van der Waals surface area contributed by atoms with Gasteiger partial charge in [0.05, 0.1) is 5.69 Å². The molecule has 8 nitrogen and oxygen atoms in total. The molecule has 174 valence electrons. The van der Waals surface area contributed by atoms with Crippen LogP contribution in [0.4, 0.5) is 5.82 Å². The molecule has 2 aromatic rings. The maximum absolute atomic E-state index is 13.4. The van der Waals surface area contributed by atoms with Crippen molar-refractivity contribution in [3.63, 3.8) is 0 Å². The summed E-state index contributed by atoms with van der Waals surface area (Å²) in [6, 6.07) is 5.10. The number of piperazine rings is 1. The van der Waals surface area contributed by atoms with Crippen molar-refractivity contribution in [3.05, 3.63) is 34.8 Å². The van der Waals surface area contributed by atoms with E-state index in [0.29, 0.717) is 17.9 Å². The van der Waals surface area contributed by atoms with Gasteiger partial charge in [-0.1, -0.05) is 6.42 Å². The zero-order valence-electron chi connectivity index (χ0n) is 19.5. The molecule has 1 aliphatic carbocycles. The summed E-state index contributed by atoms with van der Waals surface area (Å²) in [7, 11) is -3.72. The van der Waals surface area contributed by atoms with Crippen LogP contribution in [-0.4, -0.2) is 59.3 Å². The lowest BCUT2D eigenvalue weighted by Gasteiger charge is -2.43. The highest BCUT2D eigenvalue weighted by Crippen LogP contribution is 2.40. The molecular weight excluding hydrogens is 424 g/mol. The van der Waals surface area contributed by atoms with Crippen molar-refractivity contribution in [1.29, 1.82) is 0 Å². The molecule has 2 atom stereocenters. The van der Waals surface area contributed by atoms with Crippen LogP contribution in [0.1, 0.15) is 55.3 Å². The zero-order chi connectivity index (χ0) is 22.6. The van der Waals surface area contributed by atoms with Crippen molar-refractivity contribution < 1.29 is 8.42 Å². The van der Waals surface area contributed by atoms with Crippen LogP contribution in [0.5, 0.6) is 0 Å². The van der Waals surface area contributed by atoms with Crippen molar-refractivity contribution in [3.8, 4) is 0 Å². The van der Waals surface area contributed by atoms with Crippen LogP contribution in [0.2, 0.25) is 0 Å². The molecule has 2 saturated heterocycles. The number of anilines is 1. The van der Waals surface area contributed by atoms with Gasteiger partial charge in [-0.3, -0.25) is 9.58 Å². The third-order valence-corrected chi connectivity index (χ3v) is 9.06. The Hall–Kier alpha value is -1.97. The number of nitrogens with one attached hydrogen (secondary N) is 1. The summed E-state index contributed by atoms with van der Waals surface area (Å²) in [6.45, 7) is 10.8. The molecule has 0 aromatic carbocycles. The van der Waals surface area contributed by atoms with Crippen LogP contribution in [0.15, 0.2) is 17.0 Å². The molecular formula is C23H34N6O2S. The molecule has 9 heteroatoms. The number of hydrogen-bond acceptors (Lipinski definition) is 6. The molecule has 3 fully saturated rings. The first-order valence-electron chi connectivity index (χ1n) is 11.8. The molecule has 3 aliphatic rings. The van der Waals surface area contributed by atoms with Crippen molar-refractivity contribution in [2.75, 3.05) is 18.0 Å². The van der Waals surface area contributed by atoms with Gasteiger partial charge in [-0.25, -0.2) is 18.1 Å². The molecule has 1 saturated carbocycles. The summed E-state index contributed by atoms with van der Waals surface area (Å²) >= 11 is 0. The fourth-order valence-corrected chi connectivity index (χ4v) is 6.75. The van der Waals surface area contributed by atoms with Crippen molar-refractivity contribution >= 4 is 15.8 Å². The predicted octanol–water partition coefficient (Wildman–Crippen LogP) is 2.52. The van der Waals surface area contributed by atoms with E-state index in [1.807, 2.05) is 32.4 Å². The van der Waals surface area contributed by atoms with Gasteiger partial charge in [-0.2, -0.15) is 5.10 Å². The standard InChI is InChI=1S/C23H34N6O2S/c1-5-29-17(4)21(16(3)26-29)12-24-32(30,31)22-10-9-15(2)25-23(22)28-14-19-11-20(28)13-27(19)18-7-6-8-18/h9-10,18-20,24H,5-8,11-14H2,1-4H3/t19-,20-/m0/s1. The molecule has 4 heterocycles. The van der Waals surface area contributed by atoms with Gasteiger partial charge >= 0.3 is 0 Å². The van der Waals surface area contributed by atoms with Crippen LogP contribution >= 0.6 is 0 Å². The third-order valence-electron chi connectivity index (χ3n) is 7.64. The second-order valence-corrected chi connectivity index (χ2v) is 11.3. The lowest BCUT2D eigenvalue weighted by Crippen LogP contribution is -2.52. The Morgan fingerprint density at radius 1 is 1.09 bits per heavy atom. The first-order chi connectivity index (χ1) is 15.3. The maximum atomic E-state index is 13.4. The minimum atomic E-state index is -3.72. The first-order valence-corrected chi connectivity index (χ1v) is 13.3. The highest BCUT2D eigenvalue weighted by atomic mass is 32.2. The number of hydrogen-bond donors (Lipinski definition) is 1. The largest absolute Gasteiger partial charge is 0.350 e. The molecule has 2 bridgehead atoms. The lowest BCUT2D eigenvalue weighted by atomic mass is 9.91. The molecule has 0 unspecified atom stereocenters. The molecule has 5 rings (SSSR count). The van der Waals surface area contributed by atoms with E-state index in [-0.39, 0.29) is 11.4 Å². The van der Waals surface area contributed by atoms with Crippen LogP contribution < -0.4 is 9.62 Å². The molecule has 1 N–H and O–H groups in total. The SMILES string of the molecule is CCn1nc(C)c(CNS(=O)(=O)c2ccc(C)nc2N2C[C@@H]3C[C@H]2CN3C2CCC2)c1C. The average molecular weight is 459 g/mol. The van der Waals surface area contributed by atoms with Gasteiger partial charge in [-0.15, -0.1) is 0 Å². The van der Waals surface area contributed by atoms with Gasteiger partial charge in [0.2, 0.25) is 10.0 Å². The monoisotopic (exact) mass is 458 g/mol. The number of likely N-dealkylation sites (tertiary alicyclic amines) is 1. The van der Waals surface area contributed by atoms with Gasteiger partial charge < -0.3 is 4.90 Å². The second kappa shape index (κ2) is 8.11. The molecule has 0 spiro atoms. The Kier molecular flexibility index (Phi) is 5.54. The minimum absolute atomic E-state index is 0.231. The highest BCUT2D eigenvalue weighted by molar-refractivity contribution is 7.89. The first kappa shape index (κ1) is 21.9. The Morgan fingerprint density at radius 3 is 2.47 bits per heavy atom. The normalized spacial score (nSPS) is 23.8. The predicted molar refractivity (Wildman–Crippen MR) is 124 cm³/mol. The lowest BCUT2D eigenvalue weighted by molar-refractivity contribution is 0.106. The van der Waals surface area contributed by atoms with Gasteiger partial charge in [0, 0.05) is 61.3 Å². The fraction of sp³-hybridized carbons (Fsp3) is 0.652. The van der Waals surface area contributed by atoms with Crippen molar-refractivity contribution in [1.82, 2.24) is 24.4 Å². The summed E-state index contributed by atoms with van der Waals surface area (Å²) in [4.78, 5) is 9.90. The Balaban J connectivity index is 1.38. The van der Waals surface area contributed by atoms with E-state index in [0.717, 1.165) is 54.7 Å². The number of aromatic nitrogens is 3. The Morgan fingerprint density at radius 2 is 1.88 bits per heavy atom. The van der Waals surface area contributed by atoms with E-state index in [2.05, 4.69) is 19.6 Å². The van der Waals surface area contributed by atoms with Gasteiger partial charge in [0.15, 0.2) is 0 Å². The zero-order valence-corrected chi connectivity index (χ0v) is 20.3. The highest BCUT2D eigenvalue weighted by Gasteiger charge is 2.48. The van der Waals surface area contributed by atoms with Gasteiger partial charge in [0.1, 0.15) is 10.7 Å². The summed E-state index contributed by atoms with van der Waals surface area (Å²) in [5.41, 5.74) is 3.65. The van der Waals surface area contributed by atoms with E-state index in [1.54, 1.807) is 12.1 Å². The van der Waals surface area contributed by atoms with Crippen LogP contribution in [0.3, 0.4) is 0 Å². The molecule has 2 aliphatic heterocycles. The Bertz CT molecular complexity index is 1120.